The summed E-state index contributed by atoms with van der Waals surface area (Å²) in [6.07, 6.45) is 13.1. The van der Waals surface area contributed by atoms with E-state index in [-0.39, 0.29) is 42.8 Å². The standard InChI is InChI=1S/C49H60N4O5.Fe/c1-10-35-31(6)40-26-45-49(46(54)19-13-18-30(5)17-12-16-29(4)15-11-14-28(2)3)34(9)41(53-45)24-38-32(7)36(20-22-47(55)56)43(51-38)27-44-37(21-23-48(57)58)33(8)39(52-44)25-42(35)50-40;/h10,14,16,18,24-27,46,54H,1,11-13,15,17,19-23H2,2-9H3,(H4,50,51,52,53,55,56,57,58);/q;+2/p-4. The van der Waals surface area contributed by atoms with E-state index in [1.54, 1.807) is 12.1 Å². The van der Waals surface area contributed by atoms with Gasteiger partial charge in [0, 0.05) is 17.5 Å². The molecular formula is C49H56FeN4O5-2. The van der Waals surface area contributed by atoms with Crippen molar-refractivity contribution >= 4 is 56.3 Å². The zero-order valence-electron chi connectivity index (χ0n) is 35.7. The fourth-order valence-electron chi connectivity index (χ4n) is 7.74. The number of carbonyl (C=O) groups excluding carboxylic acids is 2. The van der Waals surface area contributed by atoms with E-state index < -0.39 is 18.0 Å². The molecular weight excluding hydrogens is 780 g/mol. The van der Waals surface area contributed by atoms with E-state index in [0.717, 1.165) is 70.2 Å². The van der Waals surface area contributed by atoms with Crippen molar-refractivity contribution in [1.29, 1.82) is 0 Å². The fraction of sp³-hybridized carbons (Fsp3) is 0.388. The van der Waals surface area contributed by atoms with E-state index in [4.69, 9.17) is 19.9 Å². The molecule has 2 aliphatic rings. The zero-order valence-corrected chi connectivity index (χ0v) is 36.8. The van der Waals surface area contributed by atoms with Crippen molar-refractivity contribution in [2.45, 2.75) is 126 Å². The Balaban J connectivity index is 0.00000769. The van der Waals surface area contributed by atoms with Crippen LogP contribution in [0.2, 0.25) is 0 Å². The van der Waals surface area contributed by atoms with Gasteiger partial charge < -0.3 is 34.9 Å². The molecule has 10 heteroatoms. The third-order valence-electron chi connectivity index (χ3n) is 11.2. The SMILES string of the molecule is C=CC1=C(C)c2cc3[n-]c(cc4nc(cc5[n-]c(cc1n2)c(C)c5CCC(=O)[O-])C(CCC(=O)[O-])=C4C)c(C)c3C(O)CCC=C(C)CCC=C(C)CCC=C(C)C.[Fe+2]. The van der Waals surface area contributed by atoms with Crippen LogP contribution in [-0.4, -0.2) is 27.0 Å². The van der Waals surface area contributed by atoms with Gasteiger partial charge in [0.1, 0.15) is 0 Å². The molecule has 5 heterocycles. The molecule has 0 saturated heterocycles. The van der Waals surface area contributed by atoms with Crippen LogP contribution in [-0.2, 0) is 33.1 Å². The quantitative estimate of drug-likeness (QED) is 0.104. The molecule has 0 saturated carbocycles. The average molecular weight is 837 g/mol. The number of aliphatic carboxylic acids is 2. The van der Waals surface area contributed by atoms with Crippen LogP contribution in [0.3, 0.4) is 0 Å². The van der Waals surface area contributed by atoms with Gasteiger partial charge in [-0.05, 0) is 142 Å². The first kappa shape index (κ1) is 46.7. The number of carboxylic acids is 2. The van der Waals surface area contributed by atoms with Gasteiger partial charge in [-0.1, -0.05) is 88.6 Å². The first-order chi connectivity index (χ1) is 27.6. The maximum Gasteiger partial charge on any atom is 2.00 e. The molecule has 59 heavy (non-hydrogen) atoms. The van der Waals surface area contributed by atoms with Crippen LogP contribution < -0.4 is 20.2 Å². The maximum atomic E-state index is 11.9. The minimum atomic E-state index is -1.17. The van der Waals surface area contributed by atoms with Gasteiger partial charge in [0.25, 0.3) is 0 Å². The van der Waals surface area contributed by atoms with Crippen LogP contribution in [0.15, 0.2) is 71.9 Å². The molecule has 0 fully saturated rings. The zero-order chi connectivity index (χ0) is 42.3. The summed E-state index contributed by atoms with van der Waals surface area (Å²) in [5.41, 5.74) is 15.3. The number of carboxylic acid groups (broad SMARTS) is 2. The fourth-order valence-corrected chi connectivity index (χ4v) is 7.74. The first-order valence-corrected chi connectivity index (χ1v) is 20.3. The Morgan fingerprint density at radius 3 is 1.86 bits per heavy atom. The second-order valence-electron chi connectivity index (χ2n) is 15.9. The molecule has 0 spiro atoms. The maximum absolute atomic E-state index is 11.9. The normalized spacial score (nSPS) is 13.7. The number of allylic oxidation sites excluding steroid dienone is 11. The Labute approximate surface area is 359 Å². The van der Waals surface area contributed by atoms with Crippen molar-refractivity contribution in [3.63, 3.8) is 0 Å². The van der Waals surface area contributed by atoms with E-state index in [1.165, 1.54) is 16.7 Å². The number of aliphatic hydroxyl groups excluding tert-OH is 1. The van der Waals surface area contributed by atoms with Gasteiger partial charge in [-0.15, -0.1) is 22.1 Å². The summed E-state index contributed by atoms with van der Waals surface area (Å²) in [6, 6.07) is 7.48. The topological polar surface area (TPSA) is 154 Å². The van der Waals surface area contributed by atoms with Gasteiger partial charge in [-0.2, -0.15) is 0 Å². The van der Waals surface area contributed by atoms with Crippen molar-refractivity contribution in [3.05, 3.63) is 117 Å². The second kappa shape index (κ2) is 20.8. The number of aryl methyl sites for hydroxylation is 3. The van der Waals surface area contributed by atoms with Crippen molar-refractivity contribution in [2.24, 2.45) is 0 Å². The molecule has 0 radical (unpaired) electrons. The van der Waals surface area contributed by atoms with E-state index in [9.17, 15) is 24.9 Å². The van der Waals surface area contributed by atoms with Crippen molar-refractivity contribution in [1.82, 2.24) is 19.9 Å². The molecule has 3 aromatic rings. The number of aromatic nitrogens is 4. The van der Waals surface area contributed by atoms with Crippen molar-refractivity contribution in [3.8, 4) is 0 Å². The minimum absolute atomic E-state index is 0. The van der Waals surface area contributed by atoms with Crippen LogP contribution in [0.4, 0.5) is 0 Å². The largest absolute Gasteiger partial charge is 2.00 e. The van der Waals surface area contributed by atoms with Crippen LogP contribution in [0.5, 0.6) is 0 Å². The molecule has 0 aliphatic carbocycles. The van der Waals surface area contributed by atoms with Crippen LogP contribution >= 0.6 is 0 Å². The smallest absolute Gasteiger partial charge is 0.657 e. The van der Waals surface area contributed by atoms with E-state index >= 15 is 0 Å². The predicted molar refractivity (Wildman–Crippen MR) is 231 cm³/mol. The molecule has 1 atom stereocenters. The molecule has 2 aliphatic heterocycles. The number of aliphatic hydroxyl groups is 1. The molecule has 1 unspecified atom stereocenters. The number of hydrogen-bond donors (Lipinski definition) is 1. The molecule has 3 aromatic heterocycles. The van der Waals surface area contributed by atoms with E-state index in [1.807, 2.05) is 45.9 Å². The summed E-state index contributed by atoms with van der Waals surface area (Å²) in [7, 11) is 0. The Bertz CT molecular complexity index is 2430. The third-order valence-corrected chi connectivity index (χ3v) is 11.2. The minimum Gasteiger partial charge on any atom is -0.657 e. The molecule has 8 bridgehead atoms. The van der Waals surface area contributed by atoms with Gasteiger partial charge >= 0.3 is 17.1 Å². The molecule has 9 nitrogen and oxygen atoms in total. The van der Waals surface area contributed by atoms with Crippen LogP contribution in [0.25, 0.3) is 44.4 Å². The molecule has 0 aromatic carbocycles. The van der Waals surface area contributed by atoms with Crippen LogP contribution in [0.1, 0.15) is 150 Å². The molecule has 0 amide bonds. The molecule has 312 valence electrons. The first-order valence-electron chi connectivity index (χ1n) is 20.3. The predicted octanol–water partition coefficient (Wildman–Crippen LogP) is 8.68. The Morgan fingerprint density at radius 2 is 1.22 bits per heavy atom. The van der Waals surface area contributed by atoms with Gasteiger partial charge in [0.2, 0.25) is 0 Å². The Hall–Kier alpha value is -5.02. The summed E-state index contributed by atoms with van der Waals surface area (Å²) >= 11 is 0. The molecule has 5 rings (SSSR count). The summed E-state index contributed by atoms with van der Waals surface area (Å²) in [5, 5.41) is 35.1. The monoisotopic (exact) mass is 836 g/mol. The van der Waals surface area contributed by atoms with Gasteiger partial charge in [-0.25, -0.2) is 9.97 Å². The third kappa shape index (κ3) is 11.6. The Morgan fingerprint density at radius 1 is 0.695 bits per heavy atom. The number of nitrogens with zero attached hydrogens (tertiary/aromatic N) is 4. The van der Waals surface area contributed by atoms with Crippen molar-refractivity contribution in [2.75, 3.05) is 0 Å². The van der Waals surface area contributed by atoms with Gasteiger partial charge in [0.15, 0.2) is 0 Å². The van der Waals surface area contributed by atoms with Gasteiger partial charge in [0.05, 0.1) is 28.9 Å². The molecule has 1 N–H and O–H groups in total. The summed E-state index contributed by atoms with van der Waals surface area (Å²) in [4.78, 5) is 43.3. The van der Waals surface area contributed by atoms with Crippen molar-refractivity contribution < 1.29 is 42.0 Å². The Kier molecular flexibility index (Phi) is 16.4. The summed E-state index contributed by atoms with van der Waals surface area (Å²) in [6.45, 7) is 20.4. The van der Waals surface area contributed by atoms with E-state index in [0.29, 0.717) is 57.7 Å². The average Bonchev–Trinajstić information content (AvgIpc) is 3.82. The number of fused-ring (bicyclic) bond motifs is 8. The summed E-state index contributed by atoms with van der Waals surface area (Å²) < 4.78 is 0. The number of hydrogen-bond acceptors (Lipinski definition) is 7. The summed E-state index contributed by atoms with van der Waals surface area (Å²) in [5.74, 6) is -2.34. The van der Waals surface area contributed by atoms with E-state index in [2.05, 4.69) is 52.5 Å². The second-order valence-corrected chi connectivity index (χ2v) is 15.9. The van der Waals surface area contributed by atoms with Gasteiger partial charge in [-0.3, -0.25) is 0 Å². The number of carbonyl (C=O) groups is 2. The number of rotatable bonds is 17. The van der Waals surface area contributed by atoms with Crippen LogP contribution in [0, 0.1) is 13.8 Å².